The van der Waals surface area contributed by atoms with Gasteiger partial charge in [0, 0.05) is 13.2 Å². The van der Waals surface area contributed by atoms with E-state index in [1.807, 2.05) is 0 Å². The van der Waals surface area contributed by atoms with Crippen LogP contribution in [0.5, 0.6) is 0 Å². The van der Waals surface area contributed by atoms with Gasteiger partial charge in [0.2, 0.25) is 0 Å². The maximum atomic E-state index is 6.38. The second-order valence-corrected chi connectivity index (χ2v) is 7.00. The first-order valence-corrected chi connectivity index (χ1v) is 8.98. The summed E-state index contributed by atoms with van der Waals surface area (Å²) in [6, 6.07) is 0. The lowest BCUT2D eigenvalue weighted by Gasteiger charge is -2.41. The predicted octanol–water partition coefficient (Wildman–Crippen LogP) is 4.78. The van der Waals surface area contributed by atoms with E-state index in [2.05, 4.69) is 33.0 Å². The molecule has 0 unspecified atom stereocenters. The van der Waals surface area contributed by atoms with Crippen LogP contribution in [-0.2, 0) is 4.74 Å². The summed E-state index contributed by atoms with van der Waals surface area (Å²) in [5.74, 6) is 1.74. The minimum Gasteiger partial charge on any atom is -0.374 e. The molecule has 0 amide bonds. The van der Waals surface area contributed by atoms with Crippen LogP contribution in [0.2, 0.25) is 0 Å². The van der Waals surface area contributed by atoms with Crippen LogP contribution in [0, 0.1) is 11.8 Å². The number of unbranched alkanes of at least 4 members (excludes halogenated alkanes) is 2. The van der Waals surface area contributed by atoms with Crippen LogP contribution in [0.3, 0.4) is 0 Å². The molecular formula is C18H37NO. The molecule has 0 aromatic heterocycles. The summed E-state index contributed by atoms with van der Waals surface area (Å²) in [5, 5.41) is 3.61. The Morgan fingerprint density at radius 2 is 1.80 bits per heavy atom. The Hall–Kier alpha value is -0.0800. The highest BCUT2D eigenvalue weighted by molar-refractivity contribution is 4.90. The van der Waals surface area contributed by atoms with E-state index in [1.165, 1.54) is 51.4 Å². The number of hydrogen-bond acceptors (Lipinski definition) is 2. The number of nitrogens with one attached hydrogen (secondary N) is 1. The molecule has 2 nitrogen and oxygen atoms in total. The maximum Gasteiger partial charge on any atom is 0.0806 e. The zero-order valence-corrected chi connectivity index (χ0v) is 14.3. The molecule has 0 heterocycles. The lowest BCUT2D eigenvalue weighted by atomic mass is 9.74. The largest absolute Gasteiger partial charge is 0.374 e. The van der Waals surface area contributed by atoms with E-state index < -0.39 is 0 Å². The van der Waals surface area contributed by atoms with Crippen LogP contribution < -0.4 is 5.32 Å². The van der Waals surface area contributed by atoms with Crippen LogP contribution >= 0.6 is 0 Å². The molecule has 1 fully saturated rings. The summed E-state index contributed by atoms with van der Waals surface area (Å²) in [6.45, 7) is 12.4. The van der Waals surface area contributed by atoms with Crippen LogP contribution in [0.1, 0.15) is 79.1 Å². The van der Waals surface area contributed by atoms with Crippen molar-refractivity contribution in [2.45, 2.75) is 84.7 Å². The molecule has 0 atom stereocenters. The second kappa shape index (κ2) is 9.78. The lowest BCUT2D eigenvalue weighted by Crippen LogP contribution is -2.46. The molecule has 2 heteroatoms. The lowest BCUT2D eigenvalue weighted by molar-refractivity contribution is -0.0804. The van der Waals surface area contributed by atoms with Crippen LogP contribution in [0.25, 0.3) is 0 Å². The van der Waals surface area contributed by atoms with Crippen molar-refractivity contribution in [2.24, 2.45) is 11.8 Å². The Kier molecular flexibility index (Phi) is 8.79. The van der Waals surface area contributed by atoms with Crippen molar-refractivity contribution in [3.05, 3.63) is 0 Å². The number of hydrogen-bond donors (Lipinski definition) is 1. The Morgan fingerprint density at radius 3 is 2.35 bits per heavy atom. The first-order chi connectivity index (χ1) is 9.63. The molecule has 0 aromatic carbocycles. The van der Waals surface area contributed by atoms with E-state index >= 15 is 0 Å². The normalized spacial score (nSPS) is 27.1. The fourth-order valence-corrected chi connectivity index (χ4v) is 3.34. The van der Waals surface area contributed by atoms with Gasteiger partial charge in [-0.15, -0.1) is 0 Å². The van der Waals surface area contributed by atoms with Crippen LogP contribution in [0.4, 0.5) is 0 Å². The highest BCUT2D eigenvalue weighted by atomic mass is 16.5. The fraction of sp³-hybridized carbons (Fsp3) is 1.00. The standard InChI is InChI=1S/C18H37NO/c1-5-7-8-14-20-18(15-19-13-6-2)11-9-17(10-12-18)16(3)4/h16-17,19H,5-15H2,1-4H3. The number of rotatable bonds is 10. The maximum absolute atomic E-state index is 6.38. The molecule has 0 aliphatic heterocycles. The van der Waals surface area contributed by atoms with Gasteiger partial charge in [0.15, 0.2) is 0 Å². The predicted molar refractivity (Wildman–Crippen MR) is 88.2 cm³/mol. The average Bonchev–Trinajstić information content (AvgIpc) is 2.45. The van der Waals surface area contributed by atoms with E-state index in [-0.39, 0.29) is 5.60 Å². The van der Waals surface area contributed by atoms with Gasteiger partial charge in [-0.1, -0.05) is 40.5 Å². The molecule has 0 radical (unpaired) electrons. The third-order valence-corrected chi connectivity index (χ3v) is 4.91. The van der Waals surface area contributed by atoms with Gasteiger partial charge in [-0.25, -0.2) is 0 Å². The zero-order valence-electron chi connectivity index (χ0n) is 14.3. The van der Waals surface area contributed by atoms with Crippen molar-refractivity contribution in [3.8, 4) is 0 Å². The van der Waals surface area contributed by atoms with Gasteiger partial charge in [-0.2, -0.15) is 0 Å². The van der Waals surface area contributed by atoms with Gasteiger partial charge in [-0.05, 0) is 56.9 Å². The summed E-state index contributed by atoms with van der Waals surface area (Å²) in [5.41, 5.74) is 0.133. The summed E-state index contributed by atoms with van der Waals surface area (Å²) in [7, 11) is 0. The summed E-state index contributed by atoms with van der Waals surface area (Å²) in [6.07, 6.45) is 10.2. The van der Waals surface area contributed by atoms with Gasteiger partial charge >= 0.3 is 0 Å². The van der Waals surface area contributed by atoms with Crippen molar-refractivity contribution in [1.29, 1.82) is 0 Å². The number of ether oxygens (including phenoxy) is 1. The molecule has 0 saturated heterocycles. The SMILES string of the molecule is CCCCCOC1(CNCCC)CCC(C(C)C)CC1. The molecule has 1 aliphatic rings. The molecule has 120 valence electrons. The molecule has 1 N–H and O–H groups in total. The van der Waals surface area contributed by atoms with E-state index in [0.717, 1.165) is 31.5 Å². The third kappa shape index (κ3) is 6.13. The van der Waals surface area contributed by atoms with Crippen molar-refractivity contribution in [2.75, 3.05) is 19.7 Å². The molecule has 20 heavy (non-hydrogen) atoms. The van der Waals surface area contributed by atoms with E-state index in [4.69, 9.17) is 4.74 Å². The first-order valence-electron chi connectivity index (χ1n) is 8.98. The minimum absolute atomic E-state index is 0.133. The van der Waals surface area contributed by atoms with Gasteiger partial charge in [0.25, 0.3) is 0 Å². The van der Waals surface area contributed by atoms with Crippen molar-refractivity contribution in [1.82, 2.24) is 5.32 Å². The van der Waals surface area contributed by atoms with Gasteiger partial charge in [-0.3, -0.25) is 0 Å². The quantitative estimate of drug-likeness (QED) is 0.583. The van der Waals surface area contributed by atoms with Crippen LogP contribution in [0.15, 0.2) is 0 Å². The molecule has 0 spiro atoms. The smallest absolute Gasteiger partial charge is 0.0806 e. The van der Waals surface area contributed by atoms with E-state index in [0.29, 0.717) is 0 Å². The average molecular weight is 284 g/mol. The highest BCUT2D eigenvalue weighted by Crippen LogP contribution is 2.38. The van der Waals surface area contributed by atoms with E-state index in [1.54, 1.807) is 0 Å². The zero-order chi connectivity index (χ0) is 14.8. The van der Waals surface area contributed by atoms with Crippen LogP contribution in [-0.4, -0.2) is 25.3 Å². The highest BCUT2D eigenvalue weighted by Gasteiger charge is 2.36. The molecule has 1 rings (SSSR count). The first kappa shape index (κ1) is 18.0. The van der Waals surface area contributed by atoms with Crippen molar-refractivity contribution >= 4 is 0 Å². The topological polar surface area (TPSA) is 21.3 Å². The second-order valence-electron chi connectivity index (χ2n) is 7.00. The molecule has 1 saturated carbocycles. The Morgan fingerprint density at radius 1 is 1.10 bits per heavy atom. The minimum atomic E-state index is 0.133. The summed E-state index contributed by atoms with van der Waals surface area (Å²) in [4.78, 5) is 0. The van der Waals surface area contributed by atoms with Gasteiger partial charge in [0.1, 0.15) is 0 Å². The fourth-order valence-electron chi connectivity index (χ4n) is 3.34. The Balaban J connectivity index is 2.43. The van der Waals surface area contributed by atoms with E-state index in [9.17, 15) is 0 Å². The molecular weight excluding hydrogens is 246 g/mol. The molecule has 1 aliphatic carbocycles. The van der Waals surface area contributed by atoms with Gasteiger partial charge < -0.3 is 10.1 Å². The van der Waals surface area contributed by atoms with Crippen molar-refractivity contribution in [3.63, 3.8) is 0 Å². The Bertz CT molecular complexity index is 232. The Labute approximate surface area is 127 Å². The summed E-state index contributed by atoms with van der Waals surface area (Å²) >= 11 is 0. The van der Waals surface area contributed by atoms with Gasteiger partial charge in [0.05, 0.1) is 5.60 Å². The van der Waals surface area contributed by atoms with Crippen molar-refractivity contribution < 1.29 is 4.74 Å². The summed E-state index contributed by atoms with van der Waals surface area (Å²) < 4.78 is 6.38. The molecule has 0 aromatic rings. The monoisotopic (exact) mass is 283 g/mol. The third-order valence-electron chi connectivity index (χ3n) is 4.91. The molecule has 0 bridgehead atoms.